The van der Waals surface area contributed by atoms with Crippen LogP contribution in [-0.4, -0.2) is 16.3 Å². The van der Waals surface area contributed by atoms with Gasteiger partial charge in [-0.3, -0.25) is 0 Å². The second-order valence-corrected chi connectivity index (χ2v) is 4.31. The first-order valence-electron chi connectivity index (χ1n) is 5.35. The summed E-state index contributed by atoms with van der Waals surface area (Å²) in [6.45, 7) is 2.32. The van der Waals surface area contributed by atoms with Gasteiger partial charge in [-0.15, -0.1) is 0 Å². The van der Waals surface area contributed by atoms with Crippen LogP contribution in [-0.2, 0) is 13.5 Å². The van der Waals surface area contributed by atoms with E-state index in [0.29, 0.717) is 5.92 Å². The molecule has 0 aliphatic rings. The highest BCUT2D eigenvalue weighted by Gasteiger charge is 2.04. The fourth-order valence-corrected chi connectivity index (χ4v) is 1.92. The lowest BCUT2D eigenvalue weighted by molar-refractivity contribution is 0.237. The molecule has 1 aromatic carbocycles. The van der Waals surface area contributed by atoms with Crippen LogP contribution in [0.5, 0.6) is 0 Å². The van der Waals surface area contributed by atoms with Gasteiger partial charge in [-0.2, -0.15) is 0 Å². The van der Waals surface area contributed by atoms with Crippen LogP contribution in [0.15, 0.2) is 30.5 Å². The predicted octanol–water partition coefficient (Wildman–Crippen LogP) is 2.35. The number of nitrogens with zero attached hydrogens (tertiary/aromatic N) is 1. The molecule has 0 amide bonds. The Labute approximate surface area is 90.2 Å². The maximum Gasteiger partial charge on any atom is 0.0477 e. The Morgan fingerprint density at radius 1 is 1.33 bits per heavy atom. The Hall–Kier alpha value is -1.28. The summed E-state index contributed by atoms with van der Waals surface area (Å²) in [5.41, 5.74) is 2.56. The number of aromatic nitrogens is 1. The quantitative estimate of drug-likeness (QED) is 0.814. The molecule has 0 bridgehead atoms. The molecule has 0 aliphatic carbocycles. The highest BCUT2D eigenvalue weighted by molar-refractivity contribution is 5.80. The maximum absolute atomic E-state index is 9.01. The van der Waals surface area contributed by atoms with Crippen LogP contribution in [0.3, 0.4) is 0 Å². The topological polar surface area (TPSA) is 25.2 Å². The van der Waals surface area contributed by atoms with Gasteiger partial charge in [-0.05, 0) is 41.5 Å². The van der Waals surface area contributed by atoms with E-state index in [9.17, 15) is 0 Å². The monoisotopic (exact) mass is 203 g/mol. The summed E-state index contributed by atoms with van der Waals surface area (Å²) in [5, 5.41) is 10.3. The van der Waals surface area contributed by atoms with Crippen molar-refractivity contribution >= 4 is 10.9 Å². The van der Waals surface area contributed by atoms with E-state index in [1.165, 1.54) is 16.5 Å². The van der Waals surface area contributed by atoms with Crippen molar-refractivity contribution in [3.8, 4) is 0 Å². The number of aryl methyl sites for hydroxylation is 1. The summed E-state index contributed by atoms with van der Waals surface area (Å²) in [5.74, 6) is 0.339. The van der Waals surface area contributed by atoms with E-state index >= 15 is 0 Å². The number of hydrogen-bond donors (Lipinski definition) is 1. The van der Waals surface area contributed by atoms with Crippen LogP contribution in [0.4, 0.5) is 0 Å². The molecular weight excluding hydrogens is 186 g/mol. The van der Waals surface area contributed by atoms with Crippen molar-refractivity contribution in [3.63, 3.8) is 0 Å². The van der Waals surface area contributed by atoms with Gasteiger partial charge in [0, 0.05) is 25.4 Å². The fourth-order valence-electron chi connectivity index (χ4n) is 1.92. The molecule has 80 valence electrons. The number of rotatable bonds is 3. The summed E-state index contributed by atoms with van der Waals surface area (Å²) >= 11 is 0. The summed E-state index contributed by atoms with van der Waals surface area (Å²) < 4.78 is 2.12. The first-order chi connectivity index (χ1) is 7.20. The van der Waals surface area contributed by atoms with Crippen LogP contribution in [0.1, 0.15) is 12.5 Å². The third-order valence-electron chi connectivity index (χ3n) is 2.85. The number of fused-ring (bicyclic) bond motifs is 1. The molecule has 0 fully saturated rings. The largest absolute Gasteiger partial charge is 0.396 e. The van der Waals surface area contributed by atoms with Crippen molar-refractivity contribution in [2.75, 3.05) is 6.61 Å². The molecule has 2 rings (SSSR count). The van der Waals surface area contributed by atoms with Crippen LogP contribution in [0.2, 0.25) is 0 Å². The van der Waals surface area contributed by atoms with Crippen molar-refractivity contribution in [2.24, 2.45) is 13.0 Å². The fraction of sp³-hybridized carbons (Fsp3) is 0.385. The van der Waals surface area contributed by atoms with E-state index in [1.807, 2.05) is 0 Å². The summed E-state index contributed by atoms with van der Waals surface area (Å²) in [4.78, 5) is 0. The van der Waals surface area contributed by atoms with Crippen LogP contribution in [0, 0.1) is 5.92 Å². The van der Waals surface area contributed by atoms with Gasteiger partial charge in [0.1, 0.15) is 0 Å². The summed E-state index contributed by atoms with van der Waals surface area (Å²) in [6.07, 6.45) is 3.02. The van der Waals surface area contributed by atoms with Gasteiger partial charge in [0.15, 0.2) is 0 Å². The Morgan fingerprint density at radius 3 is 2.87 bits per heavy atom. The van der Waals surface area contributed by atoms with Gasteiger partial charge in [-0.1, -0.05) is 13.0 Å². The van der Waals surface area contributed by atoms with Crippen molar-refractivity contribution in [1.82, 2.24) is 4.57 Å². The van der Waals surface area contributed by atoms with Crippen LogP contribution >= 0.6 is 0 Å². The third kappa shape index (κ3) is 2.05. The van der Waals surface area contributed by atoms with Gasteiger partial charge in [-0.25, -0.2) is 0 Å². The number of aliphatic hydroxyl groups excluding tert-OH is 1. The zero-order chi connectivity index (χ0) is 10.8. The molecule has 0 aliphatic heterocycles. The average Bonchev–Trinajstić information content (AvgIpc) is 2.60. The molecule has 2 aromatic rings. The molecule has 0 radical (unpaired) electrons. The Balaban J connectivity index is 2.31. The minimum Gasteiger partial charge on any atom is -0.396 e. The van der Waals surface area contributed by atoms with E-state index in [1.54, 1.807) is 0 Å². The lowest BCUT2D eigenvalue weighted by atomic mass is 10.0. The molecule has 1 aromatic heterocycles. The molecule has 0 unspecified atom stereocenters. The van der Waals surface area contributed by atoms with Gasteiger partial charge < -0.3 is 9.67 Å². The average molecular weight is 203 g/mol. The lowest BCUT2D eigenvalue weighted by Gasteiger charge is -2.07. The predicted molar refractivity (Wildman–Crippen MR) is 62.9 cm³/mol. The van der Waals surface area contributed by atoms with E-state index in [2.05, 4.69) is 49.0 Å². The van der Waals surface area contributed by atoms with Gasteiger partial charge >= 0.3 is 0 Å². The van der Waals surface area contributed by atoms with Gasteiger partial charge in [0.05, 0.1) is 0 Å². The third-order valence-corrected chi connectivity index (χ3v) is 2.85. The Kier molecular flexibility index (Phi) is 2.78. The maximum atomic E-state index is 9.01. The molecule has 2 nitrogen and oxygen atoms in total. The van der Waals surface area contributed by atoms with E-state index < -0.39 is 0 Å². The van der Waals surface area contributed by atoms with Crippen molar-refractivity contribution in [1.29, 1.82) is 0 Å². The minimum atomic E-state index is 0.257. The minimum absolute atomic E-state index is 0.257. The normalized spacial score (nSPS) is 13.3. The molecule has 0 saturated heterocycles. The standard InChI is InChI=1S/C13H17NO/c1-10(9-15)7-11-3-4-13-12(8-11)5-6-14(13)2/h3-6,8,10,15H,7,9H2,1-2H3/t10-/m1/s1. The second kappa shape index (κ2) is 4.07. The summed E-state index contributed by atoms with van der Waals surface area (Å²) in [6, 6.07) is 8.63. The van der Waals surface area contributed by atoms with Crippen molar-refractivity contribution < 1.29 is 5.11 Å². The molecule has 15 heavy (non-hydrogen) atoms. The highest BCUT2D eigenvalue weighted by Crippen LogP contribution is 2.18. The van der Waals surface area contributed by atoms with Crippen molar-refractivity contribution in [2.45, 2.75) is 13.3 Å². The number of benzene rings is 1. The smallest absolute Gasteiger partial charge is 0.0477 e. The zero-order valence-corrected chi connectivity index (χ0v) is 9.27. The molecule has 1 atom stereocenters. The van der Waals surface area contributed by atoms with Crippen LogP contribution < -0.4 is 0 Å². The Bertz CT molecular complexity index is 459. The molecule has 1 N–H and O–H groups in total. The second-order valence-electron chi connectivity index (χ2n) is 4.31. The molecule has 2 heteroatoms. The zero-order valence-electron chi connectivity index (χ0n) is 9.27. The molecular formula is C13H17NO. The van der Waals surface area contributed by atoms with Gasteiger partial charge in [0.25, 0.3) is 0 Å². The number of aliphatic hydroxyl groups is 1. The van der Waals surface area contributed by atoms with E-state index in [4.69, 9.17) is 5.11 Å². The van der Waals surface area contributed by atoms with Gasteiger partial charge in [0.2, 0.25) is 0 Å². The first-order valence-corrected chi connectivity index (χ1v) is 5.35. The molecule has 0 saturated carbocycles. The first kappa shape index (κ1) is 10.2. The molecule has 1 heterocycles. The lowest BCUT2D eigenvalue weighted by Crippen LogP contribution is -2.04. The molecule has 0 spiro atoms. The highest BCUT2D eigenvalue weighted by atomic mass is 16.3. The SMILES string of the molecule is C[C@@H](CO)Cc1ccc2c(ccn2C)c1. The number of hydrogen-bond acceptors (Lipinski definition) is 1. The van der Waals surface area contributed by atoms with Crippen LogP contribution in [0.25, 0.3) is 10.9 Å². The van der Waals surface area contributed by atoms with Crippen molar-refractivity contribution in [3.05, 3.63) is 36.0 Å². The Morgan fingerprint density at radius 2 is 2.13 bits per heavy atom. The van der Waals surface area contributed by atoms with E-state index in [0.717, 1.165) is 6.42 Å². The van der Waals surface area contributed by atoms with E-state index in [-0.39, 0.29) is 6.61 Å². The summed E-state index contributed by atoms with van der Waals surface area (Å²) in [7, 11) is 2.05.